The van der Waals surface area contributed by atoms with Crippen molar-refractivity contribution in [2.24, 2.45) is 0 Å². The van der Waals surface area contributed by atoms with Crippen LogP contribution in [0, 0.1) is 0 Å². The van der Waals surface area contributed by atoms with Gasteiger partial charge in [0.25, 0.3) is 0 Å². The molecular formula is C92H56N16Pd. The van der Waals surface area contributed by atoms with Crippen LogP contribution in [0.1, 0.15) is 0 Å². The van der Waals surface area contributed by atoms with E-state index in [0.29, 0.717) is 67.6 Å². The molecule has 12 heterocycles. The third-order valence-corrected chi connectivity index (χ3v) is 20.5. The van der Waals surface area contributed by atoms with Crippen LogP contribution < -0.4 is 29.6 Å². The van der Waals surface area contributed by atoms with Crippen LogP contribution in [0.5, 0.6) is 0 Å². The summed E-state index contributed by atoms with van der Waals surface area (Å²) >= 11 is 0. The zero-order valence-corrected chi connectivity index (χ0v) is 59.4. The molecular weight excluding hydrogens is 1440 g/mol. The largest absolute Gasteiger partial charge is 2.00 e. The van der Waals surface area contributed by atoms with Gasteiger partial charge < -0.3 is 29.6 Å². The molecule has 3 aliphatic rings. The van der Waals surface area contributed by atoms with Gasteiger partial charge >= 0.3 is 20.4 Å². The van der Waals surface area contributed by atoms with Crippen LogP contribution in [0.15, 0.2) is 342 Å². The van der Waals surface area contributed by atoms with E-state index in [1.807, 2.05) is 196 Å². The molecule has 0 saturated carbocycles. The molecule has 2 aliphatic heterocycles. The zero-order valence-electron chi connectivity index (χ0n) is 57.8. The van der Waals surface area contributed by atoms with Crippen LogP contribution in [0.25, 0.3) is 132 Å². The van der Waals surface area contributed by atoms with Crippen molar-refractivity contribution in [3.05, 3.63) is 342 Å². The van der Waals surface area contributed by atoms with Gasteiger partial charge in [0.15, 0.2) is 0 Å². The first-order valence-electron chi connectivity index (χ1n) is 35.5. The molecule has 16 nitrogen and oxygen atoms in total. The van der Waals surface area contributed by atoms with Gasteiger partial charge in [-0.3, -0.25) is 39.9 Å². The maximum Gasteiger partial charge on any atom is 2.00 e. The van der Waals surface area contributed by atoms with E-state index in [1.54, 1.807) is 0 Å². The Morgan fingerprint density at radius 2 is 0.349 bits per heavy atom. The average Bonchev–Trinajstić information content (AvgIpc) is 1.55. The van der Waals surface area contributed by atoms with Gasteiger partial charge in [0.2, 0.25) is 0 Å². The molecule has 18 aromatic rings. The van der Waals surface area contributed by atoms with Gasteiger partial charge in [-0.2, -0.15) is 0 Å². The third kappa shape index (κ3) is 10.8. The second kappa shape index (κ2) is 26.6. The predicted molar refractivity (Wildman–Crippen MR) is 434 cm³/mol. The van der Waals surface area contributed by atoms with Crippen molar-refractivity contribution in [1.29, 1.82) is 0 Å². The first-order chi connectivity index (χ1) is 53.6. The second-order valence-corrected chi connectivity index (χ2v) is 26.6. The molecule has 514 valence electrons. The molecule has 109 heavy (non-hydrogen) atoms. The van der Waals surface area contributed by atoms with Gasteiger partial charge in [-0.1, -0.05) is 97.1 Å². The Kier molecular flexibility index (Phi) is 15.6. The third-order valence-electron chi connectivity index (χ3n) is 20.5. The normalized spacial score (nSPS) is 11.6. The van der Waals surface area contributed by atoms with Crippen LogP contribution in [0.2, 0.25) is 0 Å². The summed E-state index contributed by atoms with van der Waals surface area (Å²) in [5.74, 6) is 0. The van der Waals surface area contributed by atoms with Gasteiger partial charge in [0, 0.05) is 167 Å². The van der Waals surface area contributed by atoms with Crippen molar-refractivity contribution in [3.63, 3.8) is 0 Å². The molecule has 0 unspecified atom stereocenters. The molecule has 17 heteroatoms. The number of nitrogens with zero attached hydrogens (tertiary/aromatic N) is 16. The van der Waals surface area contributed by atoms with Crippen molar-refractivity contribution >= 4 is 155 Å². The van der Waals surface area contributed by atoms with Gasteiger partial charge in [0.05, 0.1) is 45.5 Å². The van der Waals surface area contributed by atoms with E-state index in [4.69, 9.17) is 19.9 Å². The number of benzene rings is 8. The predicted octanol–water partition coefficient (Wildman–Crippen LogP) is 22.2. The number of pyridine rings is 8. The number of rotatable bonds is 12. The number of aromatic nitrogens is 12. The van der Waals surface area contributed by atoms with Crippen molar-refractivity contribution < 1.29 is 20.4 Å². The molecule has 8 aromatic carbocycles. The quantitative estimate of drug-likeness (QED) is 0.106. The minimum Gasteiger partial charge on any atom is -0.653 e. The van der Waals surface area contributed by atoms with Crippen LogP contribution >= 0.6 is 0 Å². The molecule has 0 saturated heterocycles. The molecule has 0 spiro atoms. The Labute approximate surface area is 637 Å². The number of fused-ring (bicyclic) bond motifs is 4. The van der Waals surface area contributed by atoms with Crippen molar-refractivity contribution in [2.75, 3.05) is 19.6 Å². The van der Waals surface area contributed by atoms with E-state index >= 15 is 0 Å². The molecule has 0 N–H and O–H groups in total. The molecule has 0 amide bonds. The van der Waals surface area contributed by atoms with Gasteiger partial charge in [-0.25, -0.2) is 9.97 Å². The molecule has 1 aliphatic carbocycles. The molecule has 0 fully saturated rings. The Balaban J connectivity index is 0.00000780. The summed E-state index contributed by atoms with van der Waals surface area (Å²) in [7, 11) is 0. The minimum absolute atomic E-state index is 0. The Morgan fingerprint density at radius 3 is 0.514 bits per heavy atom. The van der Waals surface area contributed by atoms with Crippen LogP contribution in [0.3, 0.4) is 0 Å². The summed E-state index contributed by atoms with van der Waals surface area (Å²) in [5, 5.41) is 11.5. The molecule has 8 bridgehead atoms. The van der Waals surface area contributed by atoms with E-state index < -0.39 is 0 Å². The Morgan fingerprint density at radius 1 is 0.193 bits per heavy atom. The maximum absolute atomic E-state index is 6.47. The summed E-state index contributed by atoms with van der Waals surface area (Å²) in [4.78, 5) is 72.3. The van der Waals surface area contributed by atoms with Crippen LogP contribution in [-0.4, -0.2) is 49.8 Å². The van der Waals surface area contributed by atoms with Crippen LogP contribution in [-0.2, 0) is 20.4 Å². The van der Waals surface area contributed by atoms with Crippen molar-refractivity contribution in [2.45, 2.75) is 0 Å². The smallest absolute Gasteiger partial charge is 0.653 e. The fourth-order valence-corrected chi connectivity index (χ4v) is 15.8. The maximum atomic E-state index is 6.47. The standard InChI is InChI=1S/C92H56N16.Pd/c1-2-10-58-50-74-73(49-57(58)9-1)81-89(105(65-17-33-93-34-18-65)66-19-35-94-36-20-66)83-75-51-59-11-3-4-12-60(59)52-76(75)85(102-83)91(107(69-25-41-97-42-26-69)70-27-43-98-44-28-70)87-79-55-63-15-7-8-16-64(63)56-80(79)88(104-87)92(108(71-29-45-99-46-30-71)72-31-47-100-48-32-72)86-78-54-62-14-6-5-13-61(62)53-77(78)84(103-86)90(82(74)101-81)106(67-21-37-95-38-22-67)68-23-39-96-40-24-68;/h1-56H;/q-2;+2. The topological polar surface area (TPSA) is 170 Å². The van der Waals surface area contributed by atoms with E-state index in [-0.39, 0.29) is 20.4 Å². The first-order valence-corrected chi connectivity index (χ1v) is 35.5. The summed E-state index contributed by atoms with van der Waals surface area (Å²) in [6.07, 6.45) is 29.4. The zero-order chi connectivity index (χ0) is 71.2. The number of hydrogen-bond acceptors (Lipinski definition) is 14. The summed E-state index contributed by atoms with van der Waals surface area (Å²) < 4.78 is 0. The SMILES string of the molecule is [Pd+2].c1ccc2cc3c(cc2c1)-c1nc-3c(N(c2ccncc2)c2ccncc2)c2[n-]c(c(N(c3ccncc3)c3ccncc3)c3nc(c(N(c4ccncc4)c4ccncc4)c4[n-]c(c1N(c1ccncc1)c1ccncc1)c1cc5ccccc5cc41)-c1cc4ccccc4cc1-3)c1cc3ccccc3cc21. The fourth-order valence-electron chi connectivity index (χ4n) is 15.8. The number of anilines is 12. The Hall–Kier alpha value is -14.5. The van der Waals surface area contributed by atoms with E-state index in [1.165, 1.54) is 0 Å². The summed E-state index contributed by atoms with van der Waals surface area (Å²) in [6.45, 7) is 0. The van der Waals surface area contributed by atoms with Crippen LogP contribution in [0.4, 0.5) is 68.2 Å². The fraction of sp³-hybridized carbons (Fsp3) is 0. The summed E-state index contributed by atoms with van der Waals surface area (Å²) in [5.41, 5.74) is 17.6. The van der Waals surface area contributed by atoms with Crippen molar-refractivity contribution in [1.82, 2.24) is 59.8 Å². The molecule has 10 aromatic heterocycles. The average molecular weight is 1490 g/mol. The van der Waals surface area contributed by atoms with Gasteiger partial charge in [0.1, 0.15) is 0 Å². The van der Waals surface area contributed by atoms with E-state index in [9.17, 15) is 0 Å². The van der Waals surface area contributed by atoms with Gasteiger partial charge in [-0.05, 0) is 210 Å². The minimum atomic E-state index is 0. The molecule has 21 rings (SSSR count). The summed E-state index contributed by atoms with van der Waals surface area (Å²) in [6, 6.07) is 85.2. The second-order valence-electron chi connectivity index (χ2n) is 26.6. The first kappa shape index (κ1) is 64.1. The van der Waals surface area contributed by atoms with Gasteiger partial charge in [-0.15, -0.1) is 22.1 Å². The van der Waals surface area contributed by atoms with E-state index in [2.05, 4.69) is 205 Å². The molecule has 0 atom stereocenters. The molecule has 0 radical (unpaired) electrons. The number of hydrogen-bond donors (Lipinski definition) is 0. The van der Waals surface area contributed by atoms with Crippen molar-refractivity contribution in [3.8, 4) is 45.0 Å². The van der Waals surface area contributed by atoms with E-state index in [0.717, 1.165) is 132 Å². The monoisotopic (exact) mass is 1490 g/mol. The Bertz CT molecular complexity index is 5960.